The van der Waals surface area contributed by atoms with Crippen LogP contribution >= 0.6 is 0 Å². The van der Waals surface area contributed by atoms with Gasteiger partial charge >= 0.3 is 6.16 Å². The molecule has 0 N–H and O–H groups in total. The molecule has 0 atom stereocenters. The summed E-state index contributed by atoms with van der Waals surface area (Å²) in [5.74, 6) is -1.34. The Morgan fingerprint density at radius 3 is 2.74 bits per heavy atom. The number of halogens is 2. The zero-order valence-electron chi connectivity index (χ0n) is 15.1. The molecule has 0 saturated heterocycles. The summed E-state index contributed by atoms with van der Waals surface area (Å²) in [7, 11) is 0. The fourth-order valence-electron chi connectivity index (χ4n) is 2.61. The first-order valence-electron chi connectivity index (χ1n) is 8.31. The minimum absolute atomic E-state index is 0.0801. The van der Waals surface area contributed by atoms with Crippen molar-refractivity contribution in [3.8, 4) is 11.6 Å². The van der Waals surface area contributed by atoms with Gasteiger partial charge in [0.2, 0.25) is 5.88 Å². The molecule has 0 spiro atoms. The van der Waals surface area contributed by atoms with E-state index in [1.165, 1.54) is 16.6 Å². The number of ether oxygens (including phenoxy) is 3. The van der Waals surface area contributed by atoms with Gasteiger partial charge in [0.25, 0.3) is 0 Å². The van der Waals surface area contributed by atoms with Crippen LogP contribution in [0.5, 0.6) is 11.6 Å². The first-order chi connectivity index (χ1) is 12.9. The molecule has 3 rings (SSSR count). The molecule has 2 heterocycles. The van der Waals surface area contributed by atoms with Crippen molar-refractivity contribution in [2.24, 2.45) is 0 Å². The standard InChI is InChI=1S/C19H18F2N2O4/c1-4-25-19(24)27-18-12(3)22-23-15(18)8-11(2)9-16(23)26-10-13-6-5-7-14(20)17(13)21/h5-9H,4,10H2,1-3H3. The summed E-state index contributed by atoms with van der Waals surface area (Å²) in [6.07, 6.45) is -0.832. The minimum atomic E-state index is -0.954. The Kier molecular flexibility index (Phi) is 5.25. The van der Waals surface area contributed by atoms with Gasteiger partial charge in [-0.2, -0.15) is 9.61 Å². The summed E-state index contributed by atoms with van der Waals surface area (Å²) < 4.78 is 44.3. The fourth-order valence-corrected chi connectivity index (χ4v) is 2.61. The van der Waals surface area contributed by atoms with Crippen LogP contribution in [-0.2, 0) is 11.3 Å². The van der Waals surface area contributed by atoms with Gasteiger partial charge in [-0.25, -0.2) is 13.6 Å². The van der Waals surface area contributed by atoms with Crippen LogP contribution in [0.1, 0.15) is 23.7 Å². The van der Waals surface area contributed by atoms with E-state index in [1.807, 2.05) is 6.92 Å². The molecule has 0 aliphatic heterocycles. The first kappa shape index (κ1) is 18.6. The smallest absolute Gasteiger partial charge is 0.473 e. The van der Waals surface area contributed by atoms with Gasteiger partial charge in [0.05, 0.1) is 6.61 Å². The molecule has 0 unspecified atom stereocenters. The number of nitrogens with zero attached hydrogens (tertiary/aromatic N) is 2. The second-order valence-electron chi connectivity index (χ2n) is 5.87. The van der Waals surface area contributed by atoms with Crippen LogP contribution in [0.2, 0.25) is 0 Å². The summed E-state index contributed by atoms with van der Waals surface area (Å²) in [5.41, 5.74) is 1.84. The third-order valence-electron chi connectivity index (χ3n) is 3.82. The maximum absolute atomic E-state index is 13.8. The summed E-state index contributed by atoms with van der Waals surface area (Å²) >= 11 is 0. The lowest BCUT2D eigenvalue weighted by atomic mass is 10.2. The molecule has 8 heteroatoms. The second kappa shape index (κ2) is 7.61. The molecular formula is C19H18F2N2O4. The summed E-state index contributed by atoms with van der Waals surface area (Å²) in [5, 5.41) is 4.31. The van der Waals surface area contributed by atoms with Gasteiger partial charge in [-0.1, -0.05) is 12.1 Å². The number of carbonyl (C=O) groups excluding carboxylic acids is 1. The van der Waals surface area contributed by atoms with Gasteiger partial charge in [0, 0.05) is 11.6 Å². The van der Waals surface area contributed by atoms with Crippen molar-refractivity contribution >= 4 is 11.7 Å². The van der Waals surface area contributed by atoms with Gasteiger partial charge in [-0.15, -0.1) is 0 Å². The van der Waals surface area contributed by atoms with Crippen molar-refractivity contribution in [2.45, 2.75) is 27.4 Å². The van der Waals surface area contributed by atoms with Crippen LogP contribution in [0.3, 0.4) is 0 Å². The first-order valence-corrected chi connectivity index (χ1v) is 8.31. The number of hydrogen-bond donors (Lipinski definition) is 0. The number of pyridine rings is 1. The van der Waals surface area contributed by atoms with Crippen molar-refractivity contribution in [2.75, 3.05) is 6.61 Å². The second-order valence-corrected chi connectivity index (χ2v) is 5.87. The molecule has 2 aromatic heterocycles. The van der Waals surface area contributed by atoms with E-state index in [0.29, 0.717) is 17.1 Å². The summed E-state index contributed by atoms with van der Waals surface area (Å²) in [6, 6.07) is 7.36. The average Bonchev–Trinajstić information content (AvgIpc) is 2.92. The number of hydrogen-bond acceptors (Lipinski definition) is 5. The number of aromatic nitrogens is 2. The van der Waals surface area contributed by atoms with E-state index >= 15 is 0 Å². The molecule has 0 fully saturated rings. The number of aryl methyl sites for hydroxylation is 2. The molecule has 0 aliphatic rings. The molecule has 0 aliphatic carbocycles. The van der Waals surface area contributed by atoms with Crippen LogP contribution in [0.4, 0.5) is 13.6 Å². The average molecular weight is 376 g/mol. The lowest BCUT2D eigenvalue weighted by Gasteiger charge is -2.10. The zero-order chi connectivity index (χ0) is 19.6. The van der Waals surface area contributed by atoms with Gasteiger partial charge in [0.1, 0.15) is 17.8 Å². The molecule has 6 nitrogen and oxygen atoms in total. The molecule has 0 bridgehead atoms. The lowest BCUT2D eigenvalue weighted by Crippen LogP contribution is -2.10. The SMILES string of the molecule is CCOC(=O)Oc1c(C)nn2c(OCc3cccc(F)c3F)cc(C)cc12. The number of benzene rings is 1. The maximum Gasteiger partial charge on any atom is 0.513 e. The Hall–Kier alpha value is -3.16. The van der Waals surface area contributed by atoms with E-state index in [1.54, 1.807) is 26.0 Å². The Morgan fingerprint density at radius 1 is 1.22 bits per heavy atom. The third kappa shape index (κ3) is 3.84. The molecular weight excluding hydrogens is 358 g/mol. The highest BCUT2D eigenvalue weighted by molar-refractivity contribution is 5.72. The zero-order valence-corrected chi connectivity index (χ0v) is 15.1. The maximum atomic E-state index is 13.8. The van der Waals surface area contributed by atoms with Crippen molar-refractivity contribution in [3.63, 3.8) is 0 Å². The molecule has 0 amide bonds. The van der Waals surface area contributed by atoms with Crippen LogP contribution in [-0.4, -0.2) is 22.4 Å². The quantitative estimate of drug-likeness (QED) is 0.620. The van der Waals surface area contributed by atoms with Gasteiger partial charge in [-0.3, -0.25) is 0 Å². The van der Waals surface area contributed by atoms with Crippen molar-refractivity contribution < 1.29 is 27.8 Å². The van der Waals surface area contributed by atoms with E-state index in [-0.39, 0.29) is 24.5 Å². The number of rotatable bonds is 5. The summed E-state index contributed by atoms with van der Waals surface area (Å²) in [4.78, 5) is 11.7. The monoisotopic (exact) mass is 376 g/mol. The van der Waals surface area contributed by atoms with Crippen molar-refractivity contribution in [1.82, 2.24) is 9.61 Å². The van der Waals surface area contributed by atoms with Crippen LogP contribution < -0.4 is 9.47 Å². The largest absolute Gasteiger partial charge is 0.513 e. The Bertz CT molecular complexity index is 1000. The molecule has 3 aromatic rings. The minimum Gasteiger partial charge on any atom is -0.473 e. The molecule has 1 aromatic carbocycles. The number of fused-ring (bicyclic) bond motifs is 1. The van der Waals surface area contributed by atoms with Gasteiger partial charge in [0.15, 0.2) is 17.4 Å². The van der Waals surface area contributed by atoms with E-state index in [2.05, 4.69) is 5.10 Å². The predicted octanol–water partition coefficient (Wildman–Crippen LogP) is 4.34. The van der Waals surface area contributed by atoms with E-state index in [9.17, 15) is 13.6 Å². The Labute approximate surface area is 154 Å². The van der Waals surface area contributed by atoms with Gasteiger partial charge < -0.3 is 14.2 Å². The van der Waals surface area contributed by atoms with E-state index < -0.39 is 17.8 Å². The van der Waals surface area contributed by atoms with Crippen LogP contribution in [0, 0.1) is 25.5 Å². The summed E-state index contributed by atoms with van der Waals surface area (Å²) in [6.45, 7) is 5.17. The predicted molar refractivity (Wildman–Crippen MR) is 93.0 cm³/mol. The topological polar surface area (TPSA) is 62.1 Å². The molecule has 0 saturated carbocycles. The van der Waals surface area contributed by atoms with Crippen molar-refractivity contribution in [1.29, 1.82) is 0 Å². The molecule has 27 heavy (non-hydrogen) atoms. The lowest BCUT2D eigenvalue weighted by molar-refractivity contribution is 0.104. The third-order valence-corrected chi connectivity index (χ3v) is 3.82. The fraction of sp³-hybridized carbons (Fsp3) is 0.263. The van der Waals surface area contributed by atoms with Gasteiger partial charge in [-0.05, 0) is 38.5 Å². The Balaban J connectivity index is 1.94. The highest BCUT2D eigenvalue weighted by Crippen LogP contribution is 2.30. The molecule has 0 radical (unpaired) electrons. The highest BCUT2D eigenvalue weighted by Gasteiger charge is 2.19. The van der Waals surface area contributed by atoms with E-state index in [0.717, 1.165) is 11.6 Å². The highest BCUT2D eigenvalue weighted by atomic mass is 19.2. The van der Waals surface area contributed by atoms with Crippen LogP contribution in [0.25, 0.3) is 5.52 Å². The molecule has 142 valence electrons. The van der Waals surface area contributed by atoms with E-state index in [4.69, 9.17) is 14.2 Å². The van der Waals surface area contributed by atoms with Crippen LogP contribution in [0.15, 0.2) is 30.3 Å². The Morgan fingerprint density at radius 2 is 2.00 bits per heavy atom. The van der Waals surface area contributed by atoms with Crippen molar-refractivity contribution in [3.05, 3.63) is 58.8 Å². The normalized spacial score (nSPS) is 10.9. The number of carbonyl (C=O) groups is 1.